The number of benzene rings is 1. The summed E-state index contributed by atoms with van der Waals surface area (Å²) in [6.45, 7) is 6.19. The van der Waals surface area contributed by atoms with E-state index in [1.807, 2.05) is 6.92 Å². The Hall–Kier alpha value is -1.26. The number of carbonyl (C=O) groups is 1. The third kappa shape index (κ3) is 4.11. The Kier molecular flexibility index (Phi) is 5.48. The summed E-state index contributed by atoms with van der Waals surface area (Å²) in [6, 6.07) is 5.14. The van der Waals surface area contributed by atoms with Gasteiger partial charge in [-0.3, -0.25) is 9.69 Å². The van der Waals surface area contributed by atoms with Gasteiger partial charge >= 0.3 is 0 Å². The second kappa shape index (κ2) is 7.14. The molecule has 0 bridgehead atoms. The second-order valence-corrected chi connectivity index (χ2v) is 6.14. The minimum Gasteiger partial charge on any atom is -0.495 e. The van der Waals surface area contributed by atoms with Crippen LogP contribution in [0, 0.1) is 5.92 Å². The Morgan fingerprint density at radius 2 is 2.10 bits per heavy atom. The van der Waals surface area contributed by atoms with Crippen molar-refractivity contribution in [2.24, 2.45) is 5.92 Å². The van der Waals surface area contributed by atoms with Crippen LogP contribution in [0.4, 0.5) is 5.69 Å². The number of halogens is 1. The Balaban J connectivity index is 1.95. The maximum atomic E-state index is 12.3. The maximum absolute atomic E-state index is 12.3. The average Bonchev–Trinajstić information content (AvgIpc) is 2.47. The highest BCUT2D eigenvalue weighted by Crippen LogP contribution is 2.27. The molecule has 1 atom stereocenters. The Morgan fingerprint density at radius 1 is 1.43 bits per heavy atom. The molecule has 1 amide bonds. The van der Waals surface area contributed by atoms with Crippen LogP contribution in [-0.2, 0) is 4.79 Å². The van der Waals surface area contributed by atoms with Gasteiger partial charge in [-0.05, 0) is 57.0 Å². The van der Waals surface area contributed by atoms with Crippen molar-refractivity contribution in [3.05, 3.63) is 23.2 Å². The molecule has 1 heterocycles. The molecule has 1 aromatic carbocycles. The maximum Gasteiger partial charge on any atom is 0.241 e. The highest BCUT2D eigenvalue weighted by atomic mass is 35.5. The topological polar surface area (TPSA) is 41.6 Å². The van der Waals surface area contributed by atoms with E-state index in [2.05, 4.69) is 17.1 Å². The SMILES string of the molecule is COc1ccc(NC(=O)[C@H](C)N2CCC(C)CC2)cc1Cl. The summed E-state index contributed by atoms with van der Waals surface area (Å²) in [5.74, 6) is 1.37. The molecule has 1 fully saturated rings. The Labute approximate surface area is 131 Å². The smallest absolute Gasteiger partial charge is 0.241 e. The van der Waals surface area contributed by atoms with Crippen LogP contribution in [0.5, 0.6) is 5.75 Å². The van der Waals surface area contributed by atoms with Crippen LogP contribution in [0.3, 0.4) is 0 Å². The molecule has 1 N–H and O–H groups in total. The Morgan fingerprint density at radius 3 is 2.67 bits per heavy atom. The molecule has 0 saturated carbocycles. The van der Waals surface area contributed by atoms with Gasteiger partial charge in [-0.2, -0.15) is 0 Å². The number of anilines is 1. The summed E-state index contributed by atoms with van der Waals surface area (Å²) in [4.78, 5) is 14.6. The van der Waals surface area contributed by atoms with Crippen LogP contribution in [0.1, 0.15) is 26.7 Å². The summed E-state index contributed by atoms with van der Waals surface area (Å²) >= 11 is 6.07. The molecular formula is C16H23ClN2O2. The fraction of sp³-hybridized carbons (Fsp3) is 0.562. The average molecular weight is 311 g/mol. The number of nitrogens with zero attached hydrogens (tertiary/aromatic N) is 1. The first-order valence-corrected chi connectivity index (χ1v) is 7.77. The van der Waals surface area contributed by atoms with E-state index < -0.39 is 0 Å². The number of rotatable bonds is 4. The Bertz CT molecular complexity index is 499. The molecule has 1 aliphatic rings. The van der Waals surface area contributed by atoms with E-state index in [9.17, 15) is 4.79 Å². The van der Waals surface area contributed by atoms with Crippen molar-refractivity contribution >= 4 is 23.2 Å². The second-order valence-electron chi connectivity index (χ2n) is 5.73. The van der Waals surface area contributed by atoms with Crippen molar-refractivity contribution < 1.29 is 9.53 Å². The molecule has 5 heteroatoms. The van der Waals surface area contributed by atoms with E-state index in [0.717, 1.165) is 31.8 Å². The van der Waals surface area contributed by atoms with Crippen molar-refractivity contribution in [1.82, 2.24) is 4.90 Å². The number of methoxy groups -OCH3 is 1. The van der Waals surface area contributed by atoms with Gasteiger partial charge in [0.25, 0.3) is 0 Å². The van der Waals surface area contributed by atoms with E-state index in [1.54, 1.807) is 25.3 Å². The largest absolute Gasteiger partial charge is 0.495 e. The molecule has 116 valence electrons. The van der Waals surface area contributed by atoms with Crippen LogP contribution in [0.2, 0.25) is 5.02 Å². The van der Waals surface area contributed by atoms with E-state index in [0.29, 0.717) is 16.5 Å². The van der Waals surface area contributed by atoms with Crippen molar-refractivity contribution in [3.8, 4) is 5.75 Å². The number of amides is 1. The van der Waals surface area contributed by atoms with Crippen LogP contribution in [0.15, 0.2) is 18.2 Å². The van der Waals surface area contributed by atoms with Gasteiger partial charge in [0.05, 0.1) is 18.2 Å². The highest BCUT2D eigenvalue weighted by Gasteiger charge is 2.25. The molecule has 0 aliphatic carbocycles. The van der Waals surface area contributed by atoms with Crippen molar-refractivity contribution in [2.75, 3.05) is 25.5 Å². The molecular weight excluding hydrogens is 288 g/mol. The summed E-state index contributed by atoms with van der Waals surface area (Å²) in [5, 5.41) is 3.42. The molecule has 1 aromatic rings. The molecule has 0 aromatic heterocycles. The van der Waals surface area contributed by atoms with E-state index in [1.165, 1.54) is 0 Å². The molecule has 2 rings (SSSR count). The lowest BCUT2D eigenvalue weighted by molar-refractivity contribution is -0.121. The van der Waals surface area contributed by atoms with Gasteiger partial charge < -0.3 is 10.1 Å². The lowest BCUT2D eigenvalue weighted by atomic mass is 9.98. The van der Waals surface area contributed by atoms with Gasteiger partial charge in [-0.25, -0.2) is 0 Å². The van der Waals surface area contributed by atoms with E-state index in [4.69, 9.17) is 16.3 Å². The number of ether oxygens (including phenoxy) is 1. The quantitative estimate of drug-likeness (QED) is 0.926. The fourth-order valence-corrected chi connectivity index (χ4v) is 2.83. The van der Waals surface area contributed by atoms with Crippen LogP contribution in [0.25, 0.3) is 0 Å². The molecule has 0 unspecified atom stereocenters. The highest BCUT2D eigenvalue weighted by molar-refractivity contribution is 6.32. The molecule has 21 heavy (non-hydrogen) atoms. The van der Waals surface area contributed by atoms with E-state index >= 15 is 0 Å². The summed E-state index contributed by atoms with van der Waals surface area (Å²) in [7, 11) is 1.57. The predicted octanol–water partition coefficient (Wildman–Crippen LogP) is 3.41. The standard InChI is InChI=1S/C16H23ClN2O2/c1-11-6-8-19(9-7-11)12(2)16(20)18-13-4-5-15(21-3)14(17)10-13/h4-5,10-12H,6-9H2,1-3H3,(H,18,20)/t12-/m0/s1. The van der Waals surface area contributed by atoms with Crippen LogP contribution >= 0.6 is 11.6 Å². The van der Waals surface area contributed by atoms with Crippen molar-refractivity contribution in [3.63, 3.8) is 0 Å². The molecule has 1 saturated heterocycles. The van der Waals surface area contributed by atoms with Gasteiger partial charge in [0.1, 0.15) is 5.75 Å². The van der Waals surface area contributed by atoms with Crippen molar-refractivity contribution in [1.29, 1.82) is 0 Å². The predicted molar refractivity (Wildman–Crippen MR) is 86.1 cm³/mol. The minimum absolute atomic E-state index is 0.00536. The summed E-state index contributed by atoms with van der Waals surface area (Å²) in [6.07, 6.45) is 2.32. The first kappa shape index (κ1) is 16.1. The molecule has 0 radical (unpaired) electrons. The van der Waals surface area contributed by atoms with Crippen LogP contribution < -0.4 is 10.1 Å². The normalized spacial score (nSPS) is 18.3. The van der Waals surface area contributed by atoms with Gasteiger partial charge in [0.15, 0.2) is 0 Å². The summed E-state index contributed by atoms with van der Waals surface area (Å²) < 4.78 is 5.10. The van der Waals surface area contributed by atoms with Gasteiger partial charge in [-0.1, -0.05) is 18.5 Å². The lowest BCUT2D eigenvalue weighted by Gasteiger charge is -2.34. The van der Waals surface area contributed by atoms with Gasteiger partial charge in [0.2, 0.25) is 5.91 Å². The van der Waals surface area contributed by atoms with Crippen LogP contribution in [-0.4, -0.2) is 37.0 Å². The molecule has 0 spiro atoms. The van der Waals surface area contributed by atoms with Gasteiger partial charge in [0, 0.05) is 5.69 Å². The zero-order chi connectivity index (χ0) is 15.4. The number of likely N-dealkylation sites (tertiary alicyclic amines) is 1. The molecule has 4 nitrogen and oxygen atoms in total. The third-order valence-corrected chi connectivity index (χ3v) is 4.46. The zero-order valence-electron chi connectivity index (χ0n) is 12.9. The fourth-order valence-electron chi connectivity index (χ4n) is 2.57. The number of hydrogen-bond acceptors (Lipinski definition) is 3. The molecule has 1 aliphatic heterocycles. The number of carbonyl (C=O) groups excluding carboxylic acids is 1. The van der Waals surface area contributed by atoms with E-state index in [-0.39, 0.29) is 11.9 Å². The van der Waals surface area contributed by atoms with Crippen molar-refractivity contribution in [2.45, 2.75) is 32.7 Å². The number of piperidine rings is 1. The summed E-state index contributed by atoms with van der Waals surface area (Å²) in [5.41, 5.74) is 0.697. The number of nitrogens with one attached hydrogen (secondary N) is 1. The van der Waals surface area contributed by atoms with Gasteiger partial charge in [-0.15, -0.1) is 0 Å². The first-order valence-electron chi connectivity index (χ1n) is 7.39. The zero-order valence-corrected chi connectivity index (χ0v) is 13.6. The first-order chi connectivity index (χ1) is 10.0. The third-order valence-electron chi connectivity index (χ3n) is 4.16. The monoisotopic (exact) mass is 310 g/mol. The minimum atomic E-state index is -0.127. The number of hydrogen-bond donors (Lipinski definition) is 1. The lowest BCUT2D eigenvalue weighted by Crippen LogP contribution is -2.45.